The van der Waals surface area contributed by atoms with Gasteiger partial charge in [0, 0.05) is 5.57 Å². The Bertz CT molecular complexity index is 421. The van der Waals surface area contributed by atoms with Gasteiger partial charge in [-0.1, -0.05) is 18.2 Å². The zero-order valence-corrected chi connectivity index (χ0v) is 7.74. The van der Waals surface area contributed by atoms with Crippen LogP contribution in [0.2, 0.25) is 0 Å². The molecule has 1 aromatic heterocycles. The Balaban J connectivity index is 2.62. The van der Waals surface area contributed by atoms with Crippen LogP contribution in [-0.4, -0.2) is 4.98 Å². The average molecular weight is 173 g/mol. The second-order valence-electron chi connectivity index (χ2n) is 2.96. The number of hydrogen-bond donors (Lipinski definition) is 0. The van der Waals surface area contributed by atoms with Crippen LogP contribution in [0.25, 0.3) is 16.7 Å². The molecule has 2 heteroatoms. The van der Waals surface area contributed by atoms with E-state index in [4.69, 9.17) is 4.42 Å². The Labute approximate surface area is 76.9 Å². The van der Waals surface area contributed by atoms with Crippen LogP contribution >= 0.6 is 0 Å². The highest BCUT2D eigenvalue weighted by Gasteiger charge is 2.04. The van der Waals surface area contributed by atoms with Crippen LogP contribution in [0.15, 0.2) is 34.8 Å². The first-order chi connectivity index (χ1) is 6.31. The maximum Gasteiger partial charge on any atom is 0.222 e. The summed E-state index contributed by atoms with van der Waals surface area (Å²) < 4.78 is 5.54. The van der Waals surface area contributed by atoms with Gasteiger partial charge in [0.25, 0.3) is 0 Å². The van der Waals surface area contributed by atoms with Gasteiger partial charge in [0.05, 0.1) is 0 Å². The van der Waals surface area contributed by atoms with E-state index in [2.05, 4.69) is 4.98 Å². The zero-order valence-electron chi connectivity index (χ0n) is 7.74. The fraction of sp³-hybridized carbons (Fsp3) is 0.182. The number of hydrogen-bond acceptors (Lipinski definition) is 2. The highest BCUT2D eigenvalue weighted by atomic mass is 16.3. The fourth-order valence-electron chi connectivity index (χ4n) is 1.16. The number of para-hydroxylation sites is 2. The van der Waals surface area contributed by atoms with Crippen LogP contribution in [-0.2, 0) is 0 Å². The van der Waals surface area contributed by atoms with Crippen molar-refractivity contribution < 1.29 is 4.42 Å². The smallest absolute Gasteiger partial charge is 0.222 e. The van der Waals surface area contributed by atoms with Gasteiger partial charge in [-0.05, 0) is 26.0 Å². The molecule has 0 radical (unpaired) electrons. The van der Waals surface area contributed by atoms with Crippen molar-refractivity contribution in [2.24, 2.45) is 0 Å². The molecule has 0 spiro atoms. The quantitative estimate of drug-likeness (QED) is 0.661. The largest absolute Gasteiger partial charge is 0.436 e. The summed E-state index contributed by atoms with van der Waals surface area (Å²) in [5.41, 5.74) is 2.83. The lowest BCUT2D eigenvalue weighted by Gasteiger charge is -1.88. The van der Waals surface area contributed by atoms with Crippen molar-refractivity contribution >= 4 is 16.7 Å². The first-order valence-corrected chi connectivity index (χ1v) is 4.30. The molecule has 2 nitrogen and oxygen atoms in total. The first kappa shape index (κ1) is 8.05. The van der Waals surface area contributed by atoms with Gasteiger partial charge in [-0.3, -0.25) is 0 Å². The Morgan fingerprint density at radius 2 is 2.15 bits per heavy atom. The molecule has 2 rings (SSSR count). The first-order valence-electron chi connectivity index (χ1n) is 4.30. The number of aromatic nitrogens is 1. The number of nitrogens with zero attached hydrogens (tertiary/aromatic N) is 1. The Morgan fingerprint density at radius 3 is 2.85 bits per heavy atom. The predicted octanol–water partition coefficient (Wildman–Crippen LogP) is 3.25. The van der Waals surface area contributed by atoms with E-state index in [-0.39, 0.29) is 0 Å². The molecule has 0 saturated heterocycles. The lowest BCUT2D eigenvalue weighted by molar-refractivity contribution is 0.584. The zero-order chi connectivity index (χ0) is 9.26. The van der Waals surface area contributed by atoms with Gasteiger partial charge in [-0.2, -0.15) is 0 Å². The van der Waals surface area contributed by atoms with Gasteiger partial charge in [0.2, 0.25) is 5.89 Å². The minimum absolute atomic E-state index is 0.712. The molecular weight excluding hydrogens is 162 g/mol. The van der Waals surface area contributed by atoms with Crippen molar-refractivity contribution in [1.29, 1.82) is 0 Å². The third-order valence-electron chi connectivity index (χ3n) is 2.06. The lowest BCUT2D eigenvalue weighted by Crippen LogP contribution is -1.75. The summed E-state index contributed by atoms with van der Waals surface area (Å²) in [7, 11) is 0. The molecule has 66 valence electrons. The second kappa shape index (κ2) is 3.05. The molecule has 0 aliphatic heterocycles. The van der Waals surface area contributed by atoms with E-state index < -0.39 is 0 Å². The highest BCUT2D eigenvalue weighted by Crippen LogP contribution is 2.19. The Kier molecular flexibility index (Phi) is 1.89. The summed E-state index contributed by atoms with van der Waals surface area (Å²) in [6.45, 7) is 3.97. The molecular formula is C11H11NO. The molecule has 0 saturated carbocycles. The van der Waals surface area contributed by atoms with Crippen LogP contribution in [0, 0.1) is 0 Å². The SMILES string of the molecule is CC=C(C)c1nc2ccccc2o1. The third-order valence-corrected chi connectivity index (χ3v) is 2.06. The van der Waals surface area contributed by atoms with Crippen molar-refractivity contribution in [1.82, 2.24) is 4.98 Å². The van der Waals surface area contributed by atoms with E-state index in [1.165, 1.54) is 0 Å². The summed E-state index contributed by atoms with van der Waals surface area (Å²) >= 11 is 0. The molecule has 0 amide bonds. The van der Waals surface area contributed by atoms with E-state index >= 15 is 0 Å². The van der Waals surface area contributed by atoms with Gasteiger partial charge in [0.1, 0.15) is 5.52 Å². The molecule has 0 bridgehead atoms. The molecule has 1 aromatic carbocycles. The monoisotopic (exact) mass is 173 g/mol. The van der Waals surface area contributed by atoms with Crippen LogP contribution in [0.1, 0.15) is 19.7 Å². The molecule has 2 aromatic rings. The number of rotatable bonds is 1. The summed E-state index contributed by atoms with van der Waals surface area (Å²) in [6, 6.07) is 7.78. The molecule has 0 aliphatic rings. The molecule has 13 heavy (non-hydrogen) atoms. The predicted molar refractivity (Wildman–Crippen MR) is 53.3 cm³/mol. The van der Waals surface area contributed by atoms with Crippen LogP contribution in [0.5, 0.6) is 0 Å². The van der Waals surface area contributed by atoms with E-state index in [0.717, 1.165) is 16.7 Å². The summed E-state index contributed by atoms with van der Waals surface area (Å²) in [6.07, 6.45) is 1.99. The fourth-order valence-corrected chi connectivity index (χ4v) is 1.16. The van der Waals surface area contributed by atoms with E-state index in [0.29, 0.717) is 5.89 Å². The average Bonchev–Trinajstić information content (AvgIpc) is 2.59. The number of allylic oxidation sites excluding steroid dienone is 2. The minimum Gasteiger partial charge on any atom is -0.436 e. The molecule has 0 atom stereocenters. The third kappa shape index (κ3) is 1.35. The van der Waals surface area contributed by atoms with Crippen molar-refractivity contribution in [3.05, 3.63) is 36.2 Å². The van der Waals surface area contributed by atoms with E-state index in [9.17, 15) is 0 Å². The van der Waals surface area contributed by atoms with Gasteiger partial charge in [-0.15, -0.1) is 0 Å². The highest BCUT2D eigenvalue weighted by molar-refractivity contribution is 5.75. The lowest BCUT2D eigenvalue weighted by atomic mass is 10.3. The normalized spacial score (nSPS) is 12.3. The van der Waals surface area contributed by atoms with Crippen LogP contribution in [0.3, 0.4) is 0 Å². The van der Waals surface area contributed by atoms with Crippen molar-refractivity contribution in [3.8, 4) is 0 Å². The van der Waals surface area contributed by atoms with E-state index in [1.807, 2.05) is 44.2 Å². The van der Waals surface area contributed by atoms with Gasteiger partial charge >= 0.3 is 0 Å². The maximum absolute atomic E-state index is 5.54. The number of benzene rings is 1. The standard InChI is InChI=1S/C11H11NO/c1-3-8(2)11-12-9-6-4-5-7-10(9)13-11/h3-7H,1-2H3. The Hall–Kier alpha value is -1.57. The number of oxazole rings is 1. The number of fused-ring (bicyclic) bond motifs is 1. The van der Waals surface area contributed by atoms with Gasteiger partial charge in [-0.25, -0.2) is 4.98 Å². The topological polar surface area (TPSA) is 26.0 Å². The minimum atomic E-state index is 0.712. The van der Waals surface area contributed by atoms with Crippen molar-refractivity contribution in [3.63, 3.8) is 0 Å². The van der Waals surface area contributed by atoms with Crippen LogP contribution < -0.4 is 0 Å². The van der Waals surface area contributed by atoms with Crippen LogP contribution in [0.4, 0.5) is 0 Å². The van der Waals surface area contributed by atoms with Crippen molar-refractivity contribution in [2.75, 3.05) is 0 Å². The molecule has 0 unspecified atom stereocenters. The summed E-state index contributed by atoms with van der Waals surface area (Å²) in [5.74, 6) is 0.712. The van der Waals surface area contributed by atoms with E-state index in [1.54, 1.807) is 0 Å². The maximum atomic E-state index is 5.54. The molecule has 0 fully saturated rings. The van der Waals surface area contributed by atoms with Gasteiger partial charge in [0.15, 0.2) is 5.58 Å². The molecule has 0 aliphatic carbocycles. The molecule has 1 heterocycles. The Morgan fingerprint density at radius 1 is 1.38 bits per heavy atom. The second-order valence-corrected chi connectivity index (χ2v) is 2.96. The van der Waals surface area contributed by atoms with Gasteiger partial charge < -0.3 is 4.42 Å². The molecule has 0 N–H and O–H groups in total. The summed E-state index contributed by atoms with van der Waals surface area (Å²) in [4.78, 5) is 4.35. The summed E-state index contributed by atoms with van der Waals surface area (Å²) in [5, 5.41) is 0. The van der Waals surface area contributed by atoms with Crippen molar-refractivity contribution in [2.45, 2.75) is 13.8 Å².